The van der Waals surface area contributed by atoms with Crippen LogP contribution in [0.1, 0.15) is 27.7 Å². The Hall–Kier alpha value is -0.440. The monoisotopic (exact) mass is 284 g/mol. The van der Waals surface area contributed by atoms with Gasteiger partial charge in [0.05, 0.1) is 0 Å². The van der Waals surface area contributed by atoms with Gasteiger partial charge in [-0.05, 0) is 4.86 Å². The van der Waals surface area contributed by atoms with E-state index in [-0.39, 0.29) is 0 Å². The summed E-state index contributed by atoms with van der Waals surface area (Å²) in [4.78, 5) is 9.14. The summed E-state index contributed by atoms with van der Waals surface area (Å²) in [5.74, 6) is 34.4. The Morgan fingerprint density at radius 3 is 1.32 bits per heavy atom. The molecule has 11 heteroatoms. The van der Waals surface area contributed by atoms with Crippen molar-refractivity contribution in [3.63, 3.8) is 0 Å². The minimum Gasteiger partial charge on any atom is -0.159 e. The van der Waals surface area contributed by atoms with Gasteiger partial charge < -0.3 is 0 Å². The summed E-state index contributed by atoms with van der Waals surface area (Å²) in [7, 11) is 2.93. The van der Waals surface area contributed by atoms with Gasteiger partial charge in [-0.1, -0.05) is 9.68 Å². The van der Waals surface area contributed by atoms with Crippen molar-refractivity contribution in [2.24, 2.45) is 35.1 Å². The Labute approximate surface area is 113 Å². The fraction of sp³-hybridized carbons (Fsp3) is 1.00. The van der Waals surface area contributed by atoms with Crippen LogP contribution in [0.2, 0.25) is 0 Å². The minimum absolute atomic E-state index is 0.505. The van der Waals surface area contributed by atoms with Gasteiger partial charge in [-0.3, -0.25) is 0 Å². The van der Waals surface area contributed by atoms with E-state index in [2.05, 4.69) is 0 Å². The van der Waals surface area contributed by atoms with E-state index in [0.717, 1.165) is 0 Å². The zero-order valence-electron chi connectivity index (χ0n) is 12.6. The van der Waals surface area contributed by atoms with E-state index in [4.69, 9.17) is 44.7 Å². The average Bonchev–Trinajstić information content (AvgIpc) is 1.92. The summed E-state index contributed by atoms with van der Waals surface area (Å²) >= 11 is 0. The maximum Gasteiger partial charge on any atom is 0.318 e. The van der Waals surface area contributed by atoms with Gasteiger partial charge in [0.2, 0.25) is 0 Å². The van der Waals surface area contributed by atoms with E-state index >= 15 is 0 Å². The molecule has 0 aromatic carbocycles. The fourth-order valence-corrected chi connectivity index (χ4v) is 1.11. The molecule has 0 saturated carbocycles. The lowest BCUT2D eigenvalue weighted by molar-refractivity contribution is -1.26. The van der Waals surface area contributed by atoms with Gasteiger partial charge in [0.15, 0.2) is 0 Å². The highest BCUT2D eigenvalue weighted by Gasteiger charge is 2.56. The second-order valence-corrected chi connectivity index (χ2v) is 5.99. The molecule has 11 nitrogen and oxygen atoms in total. The van der Waals surface area contributed by atoms with Crippen LogP contribution in [0.5, 0.6) is 0 Å². The van der Waals surface area contributed by atoms with Crippen LogP contribution in [0.4, 0.5) is 0 Å². The molecular formula is C8H30N9O2+3. The van der Waals surface area contributed by atoms with Gasteiger partial charge in [-0.25, -0.2) is 0 Å². The maximum atomic E-state index is 5.91. The number of nitrogens with zero attached hydrogens (tertiary/aromatic N) is 3. The van der Waals surface area contributed by atoms with E-state index in [1.54, 1.807) is 27.7 Å². The van der Waals surface area contributed by atoms with Crippen LogP contribution in [-0.2, 0) is 9.68 Å². The molecule has 116 valence electrons. The smallest absolute Gasteiger partial charge is 0.159 e. The normalized spacial score (nSPS) is 15.8. The van der Waals surface area contributed by atoms with Gasteiger partial charge >= 0.3 is 5.72 Å². The second kappa shape index (κ2) is 4.83. The van der Waals surface area contributed by atoms with Crippen molar-refractivity contribution in [1.29, 1.82) is 0 Å². The highest BCUT2D eigenvalue weighted by Crippen LogP contribution is 2.26. The molecule has 0 aliphatic carbocycles. The summed E-state index contributed by atoms with van der Waals surface area (Å²) in [6.07, 6.45) is 0. The molecule has 0 atom stereocenters. The van der Waals surface area contributed by atoms with Gasteiger partial charge in [0, 0.05) is 32.6 Å². The lowest BCUT2D eigenvalue weighted by Crippen LogP contribution is -2.81. The predicted molar refractivity (Wildman–Crippen MR) is 68.1 cm³/mol. The standard InChI is InChI=1S/C8H30N9O2/c1-7(2,15(5,9)10)19-17(13,14)8(3,4)18-16(6,11)12/h9-14H2,1-6H3/q+3. The van der Waals surface area contributed by atoms with Crippen LogP contribution in [0.3, 0.4) is 0 Å². The quantitative estimate of drug-likeness (QED) is 0.132. The van der Waals surface area contributed by atoms with E-state index in [9.17, 15) is 0 Å². The van der Waals surface area contributed by atoms with Crippen molar-refractivity contribution in [3.8, 4) is 0 Å². The average molecular weight is 284 g/mol. The summed E-state index contributed by atoms with van der Waals surface area (Å²) in [6, 6.07) is 0. The molecule has 12 N–H and O–H groups in total. The third-order valence-electron chi connectivity index (χ3n) is 2.80. The van der Waals surface area contributed by atoms with Crippen LogP contribution in [0, 0.1) is 0 Å². The summed E-state index contributed by atoms with van der Waals surface area (Å²) < 4.78 is -0.505. The van der Waals surface area contributed by atoms with E-state index < -0.39 is 25.9 Å². The van der Waals surface area contributed by atoms with Crippen LogP contribution in [0.15, 0.2) is 0 Å². The maximum absolute atomic E-state index is 5.91. The molecule has 0 aliphatic rings. The zero-order valence-corrected chi connectivity index (χ0v) is 12.6. The van der Waals surface area contributed by atoms with Crippen LogP contribution >= 0.6 is 0 Å². The predicted octanol–water partition coefficient (Wildman–Crippen LogP) is -2.73. The number of rotatable bonds is 6. The highest BCUT2D eigenvalue weighted by atomic mass is 16.9. The van der Waals surface area contributed by atoms with Crippen LogP contribution < -0.4 is 35.1 Å². The van der Waals surface area contributed by atoms with E-state index in [1.165, 1.54) is 14.1 Å². The largest absolute Gasteiger partial charge is 0.318 e. The van der Waals surface area contributed by atoms with Crippen LogP contribution in [-0.4, -0.2) is 40.0 Å². The first-order valence-electron chi connectivity index (χ1n) is 5.66. The molecule has 0 radical (unpaired) electrons. The Balaban J connectivity index is 5.18. The van der Waals surface area contributed by atoms with Crippen molar-refractivity contribution in [1.82, 2.24) is 0 Å². The number of hydroxylamine groups is 2. The topological polar surface area (TPSA) is 175 Å². The van der Waals surface area contributed by atoms with Gasteiger partial charge in [0.25, 0.3) is 5.72 Å². The second-order valence-electron chi connectivity index (χ2n) is 5.99. The number of nitrogens with two attached hydrogens (primary N) is 6. The molecule has 0 fully saturated rings. The number of quaternary nitrogens is 3. The molecular weight excluding hydrogens is 254 g/mol. The molecule has 0 aromatic heterocycles. The Kier molecular flexibility index (Phi) is 4.72. The van der Waals surface area contributed by atoms with Crippen molar-refractivity contribution in [3.05, 3.63) is 0 Å². The van der Waals surface area contributed by atoms with Crippen molar-refractivity contribution in [2.75, 3.05) is 14.1 Å². The van der Waals surface area contributed by atoms with Gasteiger partial charge in [0.1, 0.15) is 14.1 Å². The summed E-state index contributed by atoms with van der Waals surface area (Å²) in [6.45, 7) is 6.40. The van der Waals surface area contributed by atoms with Crippen molar-refractivity contribution >= 4 is 0 Å². The number of hydrogen-bond donors (Lipinski definition) is 6. The SMILES string of the molecule is CC(C)(O[N+](N)(N)C(C)(C)O[N+](C)(N)N)[N+](C)(N)N. The molecule has 0 heterocycles. The lowest BCUT2D eigenvalue weighted by Gasteiger charge is -2.44. The third-order valence-corrected chi connectivity index (χ3v) is 2.80. The first-order chi connectivity index (χ1) is 7.91. The molecule has 0 rings (SSSR count). The van der Waals surface area contributed by atoms with E-state index in [1.807, 2.05) is 0 Å². The van der Waals surface area contributed by atoms with Gasteiger partial charge in [-0.2, -0.15) is 11.7 Å². The molecule has 0 bridgehead atoms. The Morgan fingerprint density at radius 2 is 1.05 bits per heavy atom. The lowest BCUT2D eigenvalue weighted by atomic mass is 10.3. The molecule has 0 aromatic rings. The first kappa shape index (κ1) is 18.6. The summed E-state index contributed by atoms with van der Waals surface area (Å²) in [5, 5.41) is 0. The Bertz CT molecular complexity index is 315. The Morgan fingerprint density at radius 1 is 0.684 bits per heavy atom. The summed E-state index contributed by atoms with van der Waals surface area (Å²) in [5.41, 5.74) is -2.37. The molecule has 19 heavy (non-hydrogen) atoms. The molecule has 0 saturated heterocycles. The van der Waals surface area contributed by atoms with E-state index in [0.29, 0.717) is 0 Å². The first-order valence-corrected chi connectivity index (χ1v) is 5.66. The molecule has 0 spiro atoms. The third kappa shape index (κ3) is 4.87. The van der Waals surface area contributed by atoms with Crippen molar-refractivity contribution < 1.29 is 24.1 Å². The zero-order chi connectivity index (χ0) is 15.9. The molecule has 0 unspecified atom stereocenters. The van der Waals surface area contributed by atoms with Gasteiger partial charge in [-0.15, -0.1) is 28.1 Å². The fourth-order valence-electron chi connectivity index (χ4n) is 1.11. The highest BCUT2D eigenvalue weighted by molar-refractivity contribution is 4.51. The molecule has 0 aliphatic heterocycles. The molecule has 0 amide bonds. The number of hydrogen-bond acceptors (Lipinski definition) is 8. The van der Waals surface area contributed by atoms with Crippen molar-refractivity contribution in [2.45, 2.75) is 39.1 Å². The van der Waals surface area contributed by atoms with Crippen LogP contribution in [0.25, 0.3) is 0 Å². The minimum atomic E-state index is -1.27.